The summed E-state index contributed by atoms with van der Waals surface area (Å²) in [6.45, 7) is 3.79. The second-order valence-corrected chi connectivity index (χ2v) is 9.53. The number of hydrogen-bond acceptors (Lipinski definition) is 3. The highest BCUT2D eigenvalue weighted by molar-refractivity contribution is 6.08. The number of carbonyl (C=O) groups excluding carboxylic acids is 1. The highest BCUT2D eigenvalue weighted by Gasteiger charge is 2.44. The quantitative estimate of drug-likeness (QED) is 0.591. The Balaban J connectivity index is 1.45. The average molecular weight is 450 g/mol. The Labute approximate surface area is 194 Å². The van der Waals surface area contributed by atoms with Gasteiger partial charge in [0.05, 0.1) is 17.7 Å². The number of nitrogens with zero attached hydrogens (tertiary/aromatic N) is 2. The second-order valence-electron chi connectivity index (χ2n) is 9.53. The van der Waals surface area contributed by atoms with Gasteiger partial charge >= 0.3 is 0 Å². The van der Waals surface area contributed by atoms with Crippen LogP contribution < -0.4 is 5.73 Å². The first-order chi connectivity index (χ1) is 16.0. The van der Waals surface area contributed by atoms with Crippen LogP contribution >= 0.6 is 0 Å². The number of amides is 1. The normalized spacial score (nSPS) is 22.3. The largest absolute Gasteiger partial charge is 0.383 e. The molecule has 1 amide bonds. The van der Waals surface area contributed by atoms with Crippen molar-refractivity contribution in [1.82, 2.24) is 9.47 Å². The fraction of sp³-hybridized carbons (Fsp3) is 0.444. The standard InChI is InChI=1S/C27H32FN3O2/c1-17-4-3-5-22-24(16-30(26(17)22)10-11-33-2)27(32)31-20-7-8-21(31)14-19(13-20)23-12-18(15-29)6-9-25(23)28/h3-6,9,12,16,19-21H,7-8,10-11,13-15,29H2,1-2H3/t19?,20-,21+. The molecule has 1 aromatic heterocycles. The molecule has 5 nitrogen and oxygen atoms in total. The third kappa shape index (κ3) is 3.85. The van der Waals surface area contributed by atoms with Gasteiger partial charge in [0.25, 0.3) is 5.91 Å². The predicted molar refractivity (Wildman–Crippen MR) is 128 cm³/mol. The lowest BCUT2D eigenvalue weighted by Gasteiger charge is -2.39. The van der Waals surface area contributed by atoms with Gasteiger partial charge in [-0.3, -0.25) is 4.79 Å². The van der Waals surface area contributed by atoms with E-state index in [0.717, 1.165) is 58.8 Å². The Morgan fingerprint density at radius 1 is 1.18 bits per heavy atom. The number of hydrogen-bond donors (Lipinski definition) is 1. The molecule has 174 valence electrons. The fourth-order valence-corrected chi connectivity index (χ4v) is 6.02. The smallest absolute Gasteiger partial charge is 0.256 e. The maximum atomic E-state index is 14.7. The molecule has 0 aliphatic carbocycles. The van der Waals surface area contributed by atoms with Crippen LogP contribution in [0.1, 0.15) is 58.6 Å². The number of aromatic nitrogens is 1. The van der Waals surface area contributed by atoms with Crippen LogP contribution in [0.4, 0.5) is 4.39 Å². The number of benzene rings is 2. The number of rotatable bonds is 6. The van der Waals surface area contributed by atoms with Gasteiger partial charge in [0.2, 0.25) is 0 Å². The molecule has 0 spiro atoms. The van der Waals surface area contributed by atoms with Crippen LogP contribution in [-0.2, 0) is 17.8 Å². The molecule has 3 atom stereocenters. The molecule has 2 aliphatic heterocycles. The summed E-state index contributed by atoms with van der Waals surface area (Å²) in [5.74, 6) is 0.0697. The van der Waals surface area contributed by atoms with Crippen molar-refractivity contribution in [2.24, 2.45) is 5.73 Å². The van der Waals surface area contributed by atoms with E-state index in [-0.39, 0.29) is 29.7 Å². The van der Waals surface area contributed by atoms with Gasteiger partial charge in [0.1, 0.15) is 5.82 Å². The first-order valence-corrected chi connectivity index (χ1v) is 11.9. The number of piperidine rings is 1. The van der Waals surface area contributed by atoms with Crippen molar-refractivity contribution in [3.8, 4) is 0 Å². The highest BCUT2D eigenvalue weighted by atomic mass is 19.1. The number of para-hydroxylation sites is 1. The van der Waals surface area contributed by atoms with Crippen LogP contribution in [0, 0.1) is 12.7 Å². The summed E-state index contributed by atoms with van der Waals surface area (Å²) >= 11 is 0. The number of fused-ring (bicyclic) bond motifs is 3. The maximum absolute atomic E-state index is 14.7. The van der Waals surface area contributed by atoms with Gasteiger partial charge in [-0.15, -0.1) is 0 Å². The fourth-order valence-electron chi connectivity index (χ4n) is 6.02. The molecule has 2 aromatic carbocycles. The van der Waals surface area contributed by atoms with Gasteiger partial charge in [0.15, 0.2) is 0 Å². The number of nitrogens with two attached hydrogens (primary N) is 1. The summed E-state index contributed by atoms with van der Waals surface area (Å²) in [6.07, 6.45) is 5.55. The van der Waals surface area contributed by atoms with E-state index in [2.05, 4.69) is 22.5 Å². The molecule has 0 saturated carbocycles. The Kier molecular flexibility index (Phi) is 5.97. The number of halogens is 1. The zero-order valence-corrected chi connectivity index (χ0v) is 19.4. The molecule has 3 heterocycles. The van der Waals surface area contributed by atoms with Gasteiger partial charge in [-0.2, -0.15) is 0 Å². The van der Waals surface area contributed by atoms with E-state index in [9.17, 15) is 9.18 Å². The molecule has 2 fully saturated rings. The van der Waals surface area contributed by atoms with Crippen molar-refractivity contribution in [2.45, 2.75) is 63.7 Å². The third-order valence-corrected chi connectivity index (χ3v) is 7.57. The molecule has 6 heteroatoms. The zero-order chi connectivity index (χ0) is 23.1. The minimum absolute atomic E-state index is 0.101. The topological polar surface area (TPSA) is 60.5 Å². The summed E-state index contributed by atoms with van der Waals surface area (Å²) in [6, 6.07) is 11.6. The van der Waals surface area contributed by atoms with Crippen LogP contribution in [-0.4, -0.2) is 41.2 Å². The summed E-state index contributed by atoms with van der Waals surface area (Å²) in [7, 11) is 1.69. The van der Waals surface area contributed by atoms with Gasteiger partial charge in [-0.25, -0.2) is 4.39 Å². The van der Waals surface area contributed by atoms with E-state index in [1.807, 2.05) is 24.4 Å². The Hall–Kier alpha value is -2.70. The number of ether oxygens (including phenoxy) is 1. The van der Waals surface area contributed by atoms with Crippen LogP contribution in [0.5, 0.6) is 0 Å². The predicted octanol–water partition coefficient (Wildman–Crippen LogP) is 4.74. The van der Waals surface area contributed by atoms with Crippen LogP contribution in [0.15, 0.2) is 42.6 Å². The lowest BCUT2D eigenvalue weighted by atomic mass is 9.84. The Morgan fingerprint density at radius 2 is 1.94 bits per heavy atom. The minimum atomic E-state index is -0.159. The molecule has 5 rings (SSSR count). The van der Waals surface area contributed by atoms with E-state index in [4.69, 9.17) is 10.5 Å². The molecule has 2 aliphatic rings. The van der Waals surface area contributed by atoms with Crippen LogP contribution in [0.2, 0.25) is 0 Å². The number of carbonyl (C=O) groups is 1. The van der Waals surface area contributed by atoms with Gasteiger partial charge in [-0.1, -0.05) is 30.3 Å². The Bertz CT molecular complexity index is 1170. The molecule has 3 aromatic rings. The monoisotopic (exact) mass is 449 g/mol. The van der Waals surface area contributed by atoms with Crippen molar-refractivity contribution in [2.75, 3.05) is 13.7 Å². The van der Waals surface area contributed by atoms with E-state index in [0.29, 0.717) is 19.7 Å². The van der Waals surface area contributed by atoms with Crippen LogP contribution in [0.25, 0.3) is 10.9 Å². The lowest BCUT2D eigenvalue weighted by molar-refractivity contribution is 0.0572. The van der Waals surface area contributed by atoms with Crippen molar-refractivity contribution in [3.63, 3.8) is 0 Å². The molecule has 2 saturated heterocycles. The maximum Gasteiger partial charge on any atom is 0.256 e. The first kappa shape index (κ1) is 22.1. The highest BCUT2D eigenvalue weighted by Crippen LogP contribution is 2.45. The first-order valence-electron chi connectivity index (χ1n) is 11.9. The van der Waals surface area contributed by atoms with Gasteiger partial charge in [-0.05, 0) is 61.3 Å². The van der Waals surface area contributed by atoms with Crippen LogP contribution in [0.3, 0.4) is 0 Å². The van der Waals surface area contributed by atoms with E-state index < -0.39 is 0 Å². The molecular formula is C27H32FN3O2. The molecule has 1 unspecified atom stereocenters. The van der Waals surface area contributed by atoms with Crippen molar-refractivity contribution >= 4 is 16.8 Å². The lowest BCUT2D eigenvalue weighted by Crippen LogP contribution is -2.46. The summed E-state index contributed by atoms with van der Waals surface area (Å²) in [5, 5.41) is 0.999. The van der Waals surface area contributed by atoms with Crippen molar-refractivity contribution < 1.29 is 13.9 Å². The molecule has 2 bridgehead atoms. The zero-order valence-electron chi connectivity index (χ0n) is 19.4. The number of methoxy groups -OCH3 is 1. The average Bonchev–Trinajstić information content (AvgIpc) is 3.32. The van der Waals surface area contributed by atoms with E-state index in [1.165, 1.54) is 6.07 Å². The SMILES string of the molecule is COCCn1cc(C(=O)N2[C@@H]3CC[C@H]2CC(c2cc(CN)ccc2F)C3)c2cccc(C)c21. The second kappa shape index (κ2) is 8.92. The molecule has 0 radical (unpaired) electrons. The van der Waals surface area contributed by atoms with Crippen molar-refractivity contribution in [3.05, 3.63) is 70.7 Å². The Morgan fingerprint density at radius 3 is 2.64 bits per heavy atom. The summed E-state index contributed by atoms with van der Waals surface area (Å²) in [4.78, 5) is 16.0. The molecule has 33 heavy (non-hydrogen) atoms. The van der Waals surface area contributed by atoms with Gasteiger partial charge < -0.3 is 19.9 Å². The van der Waals surface area contributed by atoms with Gasteiger partial charge in [0, 0.05) is 43.9 Å². The van der Waals surface area contributed by atoms with E-state index >= 15 is 0 Å². The third-order valence-electron chi connectivity index (χ3n) is 7.57. The van der Waals surface area contributed by atoms with E-state index in [1.54, 1.807) is 13.2 Å². The number of aryl methyl sites for hydroxylation is 1. The minimum Gasteiger partial charge on any atom is -0.383 e. The summed E-state index contributed by atoms with van der Waals surface area (Å²) in [5.41, 5.74) is 10.5. The molecular weight excluding hydrogens is 417 g/mol. The van der Waals surface area contributed by atoms with Crippen molar-refractivity contribution in [1.29, 1.82) is 0 Å². The summed E-state index contributed by atoms with van der Waals surface area (Å²) < 4.78 is 22.1. The molecule has 2 N–H and O–H groups in total.